The van der Waals surface area contributed by atoms with Gasteiger partial charge in [-0.25, -0.2) is 9.78 Å². The third kappa shape index (κ3) is 2.65. The van der Waals surface area contributed by atoms with Crippen LogP contribution in [0.25, 0.3) is 11.0 Å². The molecule has 1 unspecified atom stereocenters. The summed E-state index contributed by atoms with van der Waals surface area (Å²) in [5, 5.41) is 9.17. The van der Waals surface area contributed by atoms with Crippen molar-refractivity contribution in [3.63, 3.8) is 0 Å². The molecule has 1 aliphatic heterocycles. The fraction of sp³-hybridized carbons (Fsp3) is 0.500. The Morgan fingerprint density at radius 3 is 2.76 bits per heavy atom. The standard InChI is InChI=1S/C16H21N3O2/c1-11(10-18-7-3-4-8-18)19-12(2)17-14-6-5-13(16(20)21)9-15(14)19/h5-6,9,11H,3-4,7-8,10H2,1-2H3,(H,20,21). The largest absolute Gasteiger partial charge is 0.478 e. The monoisotopic (exact) mass is 287 g/mol. The van der Waals surface area contributed by atoms with E-state index in [1.165, 1.54) is 12.8 Å². The van der Waals surface area contributed by atoms with Crippen molar-refractivity contribution in [2.45, 2.75) is 32.7 Å². The Labute approximate surface area is 124 Å². The lowest BCUT2D eigenvalue weighted by Gasteiger charge is -2.23. The average molecular weight is 287 g/mol. The van der Waals surface area contributed by atoms with Gasteiger partial charge < -0.3 is 14.6 Å². The molecule has 0 aliphatic carbocycles. The van der Waals surface area contributed by atoms with Crippen molar-refractivity contribution in [3.8, 4) is 0 Å². The summed E-state index contributed by atoms with van der Waals surface area (Å²) in [5.74, 6) is 0.0498. The number of aryl methyl sites for hydroxylation is 1. The summed E-state index contributed by atoms with van der Waals surface area (Å²) < 4.78 is 2.17. The molecular weight excluding hydrogens is 266 g/mol. The number of rotatable bonds is 4. The average Bonchev–Trinajstić information content (AvgIpc) is 3.03. The summed E-state index contributed by atoms with van der Waals surface area (Å²) in [5.41, 5.74) is 2.10. The minimum absolute atomic E-state index is 0.289. The van der Waals surface area contributed by atoms with Gasteiger partial charge in [0, 0.05) is 12.6 Å². The Morgan fingerprint density at radius 1 is 1.38 bits per heavy atom. The molecule has 1 saturated heterocycles. The predicted octanol–water partition coefficient (Wildman–Crippen LogP) is 2.70. The number of carbonyl (C=O) groups is 1. The summed E-state index contributed by atoms with van der Waals surface area (Å²) in [4.78, 5) is 18.2. The molecule has 0 radical (unpaired) electrons. The SMILES string of the molecule is Cc1nc2ccc(C(=O)O)cc2n1C(C)CN1CCCC1. The molecule has 1 fully saturated rings. The molecule has 0 spiro atoms. The van der Waals surface area contributed by atoms with E-state index >= 15 is 0 Å². The molecule has 5 nitrogen and oxygen atoms in total. The first kappa shape index (κ1) is 14.1. The fourth-order valence-corrected chi connectivity index (χ4v) is 3.32. The van der Waals surface area contributed by atoms with E-state index in [1.54, 1.807) is 18.2 Å². The highest BCUT2D eigenvalue weighted by molar-refractivity contribution is 5.92. The first-order chi connectivity index (χ1) is 10.1. The van der Waals surface area contributed by atoms with Gasteiger partial charge in [-0.05, 0) is 58.0 Å². The molecule has 0 amide bonds. The molecule has 1 N–H and O–H groups in total. The zero-order valence-electron chi connectivity index (χ0n) is 12.5. The van der Waals surface area contributed by atoms with Crippen LogP contribution >= 0.6 is 0 Å². The van der Waals surface area contributed by atoms with E-state index in [9.17, 15) is 9.90 Å². The maximum atomic E-state index is 11.2. The van der Waals surface area contributed by atoms with Gasteiger partial charge in [-0.15, -0.1) is 0 Å². The summed E-state index contributed by atoms with van der Waals surface area (Å²) in [6.07, 6.45) is 2.55. The maximum absolute atomic E-state index is 11.2. The molecule has 1 aromatic carbocycles. The molecule has 5 heteroatoms. The van der Waals surface area contributed by atoms with Gasteiger partial charge >= 0.3 is 5.97 Å². The van der Waals surface area contributed by atoms with Crippen LogP contribution in [0.3, 0.4) is 0 Å². The van der Waals surface area contributed by atoms with Crippen LogP contribution in [0.2, 0.25) is 0 Å². The third-order valence-electron chi connectivity index (χ3n) is 4.27. The second-order valence-electron chi connectivity index (χ2n) is 5.89. The van der Waals surface area contributed by atoms with Gasteiger partial charge in [-0.1, -0.05) is 0 Å². The number of carboxylic acid groups (broad SMARTS) is 1. The van der Waals surface area contributed by atoms with Crippen LogP contribution < -0.4 is 0 Å². The first-order valence-corrected chi connectivity index (χ1v) is 7.50. The normalized spacial score (nSPS) is 17.4. The minimum Gasteiger partial charge on any atom is -0.478 e. The Kier molecular flexibility index (Phi) is 3.68. The number of carboxylic acids is 1. The van der Waals surface area contributed by atoms with Crippen LogP contribution in [0.5, 0.6) is 0 Å². The lowest BCUT2D eigenvalue weighted by atomic mass is 10.2. The second-order valence-corrected chi connectivity index (χ2v) is 5.89. The molecule has 112 valence electrons. The van der Waals surface area contributed by atoms with E-state index in [2.05, 4.69) is 21.4 Å². The molecule has 1 aliphatic rings. The van der Waals surface area contributed by atoms with E-state index in [1.807, 2.05) is 6.92 Å². The van der Waals surface area contributed by atoms with E-state index in [4.69, 9.17) is 0 Å². The van der Waals surface area contributed by atoms with Crippen molar-refractivity contribution in [2.24, 2.45) is 0 Å². The van der Waals surface area contributed by atoms with Crippen LogP contribution in [0.4, 0.5) is 0 Å². The molecular formula is C16H21N3O2. The lowest BCUT2D eigenvalue weighted by Crippen LogP contribution is -2.27. The maximum Gasteiger partial charge on any atom is 0.335 e. The lowest BCUT2D eigenvalue weighted by molar-refractivity contribution is 0.0697. The second kappa shape index (κ2) is 5.48. The van der Waals surface area contributed by atoms with Crippen molar-refractivity contribution < 1.29 is 9.90 Å². The fourth-order valence-electron chi connectivity index (χ4n) is 3.32. The highest BCUT2D eigenvalue weighted by Gasteiger charge is 2.19. The van der Waals surface area contributed by atoms with E-state index in [0.29, 0.717) is 5.56 Å². The topological polar surface area (TPSA) is 58.4 Å². The quantitative estimate of drug-likeness (QED) is 0.939. The number of imidazole rings is 1. The molecule has 2 heterocycles. The number of benzene rings is 1. The number of hydrogen-bond donors (Lipinski definition) is 1. The van der Waals surface area contributed by atoms with Gasteiger partial charge in [0.25, 0.3) is 0 Å². The number of aromatic carboxylic acids is 1. The number of likely N-dealkylation sites (tertiary alicyclic amines) is 1. The Morgan fingerprint density at radius 2 is 2.10 bits per heavy atom. The number of fused-ring (bicyclic) bond motifs is 1. The molecule has 0 bridgehead atoms. The highest BCUT2D eigenvalue weighted by atomic mass is 16.4. The van der Waals surface area contributed by atoms with Gasteiger partial charge in [-0.3, -0.25) is 0 Å². The van der Waals surface area contributed by atoms with Crippen LogP contribution in [-0.4, -0.2) is 45.2 Å². The van der Waals surface area contributed by atoms with Crippen molar-refractivity contribution >= 4 is 17.0 Å². The van der Waals surface area contributed by atoms with Crippen molar-refractivity contribution in [1.29, 1.82) is 0 Å². The number of nitrogens with zero attached hydrogens (tertiary/aromatic N) is 3. The number of hydrogen-bond acceptors (Lipinski definition) is 3. The van der Waals surface area contributed by atoms with Gasteiger partial charge in [0.2, 0.25) is 0 Å². The minimum atomic E-state index is -0.894. The molecule has 0 saturated carbocycles. The van der Waals surface area contributed by atoms with Gasteiger partial charge in [0.15, 0.2) is 0 Å². The highest BCUT2D eigenvalue weighted by Crippen LogP contribution is 2.24. The third-order valence-corrected chi connectivity index (χ3v) is 4.27. The zero-order valence-corrected chi connectivity index (χ0v) is 12.5. The Balaban J connectivity index is 1.97. The van der Waals surface area contributed by atoms with Gasteiger partial charge in [-0.2, -0.15) is 0 Å². The summed E-state index contributed by atoms with van der Waals surface area (Å²) in [6.45, 7) is 7.48. The molecule has 1 aromatic heterocycles. The molecule has 2 aromatic rings. The zero-order chi connectivity index (χ0) is 15.0. The van der Waals surface area contributed by atoms with Crippen molar-refractivity contribution in [2.75, 3.05) is 19.6 Å². The van der Waals surface area contributed by atoms with E-state index in [0.717, 1.165) is 36.5 Å². The van der Waals surface area contributed by atoms with Crippen molar-refractivity contribution in [1.82, 2.24) is 14.5 Å². The Hall–Kier alpha value is -1.88. The van der Waals surface area contributed by atoms with Gasteiger partial charge in [0.1, 0.15) is 5.82 Å². The van der Waals surface area contributed by atoms with E-state index < -0.39 is 5.97 Å². The van der Waals surface area contributed by atoms with Crippen LogP contribution in [0.15, 0.2) is 18.2 Å². The summed E-state index contributed by atoms with van der Waals surface area (Å²) in [7, 11) is 0. The molecule has 21 heavy (non-hydrogen) atoms. The summed E-state index contributed by atoms with van der Waals surface area (Å²) in [6, 6.07) is 5.44. The van der Waals surface area contributed by atoms with E-state index in [-0.39, 0.29) is 6.04 Å². The van der Waals surface area contributed by atoms with Crippen LogP contribution in [0, 0.1) is 6.92 Å². The van der Waals surface area contributed by atoms with Gasteiger partial charge in [0.05, 0.1) is 16.6 Å². The van der Waals surface area contributed by atoms with Crippen molar-refractivity contribution in [3.05, 3.63) is 29.6 Å². The predicted molar refractivity (Wildman–Crippen MR) is 81.8 cm³/mol. The molecule has 1 atom stereocenters. The number of aromatic nitrogens is 2. The summed E-state index contributed by atoms with van der Waals surface area (Å²) >= 11 is 0. The Bertz CT molecular complexity index is 671. The smallest absolute Gasteiger partial charge is 0.335 e. The first-order valence-electron chi connectivity index (χ1n) is 7.50. The van der Waals surface area contributed by atoms with Crippen LogP contribution in [-0.2, 0) is 0 Å². The van der Waals surface area contributed by atoms with Crippen LogP contribution in [0.1, 0.15) is 42.0 Å². The molecule has 3 rings (SSSR count).